The molecule has 0 spiro atoms. The molecule has 0 bridgehead atoms. The van der Waals surface area contributed by atoms with Crippen LogP contribution in [0.2, 0.25) is 0 Å². The van der Waals surface area contributed by atoms with Gasteiger partial charge in [0, 0.05) is 15.0 Å². The second-order valence-electron chi connectivity index (χ2n) is 5.20. The summed E-state index contributed by atoms with van der Waals surface area (Å²) in [5.41, 5.74) is 1.90. The molecule has 0 radical (unpaired) electrons. The lowest BCUT2D eigenvalue weighted by Gasteiger charge is -2.20. The fourth-order valence-corrected chi connectivity index (χ4v) is 3.96. The number of amides is 2. The fraction of sp³-hybridized carbons (Fsp3) is 0.429. The summed E-state index contributed by atoms with van der Waals surface area (Å²) >= 11 is 6.96. The zero-order valence-electron chi connectivity index (χ0n) is 11.5. The van der Waals surface area contributed by atoms with E-state index < -0.39 is 6.04 Å². The number of halogens is 2. The van der Waals surface area contributed by atoms with Gasteiger partial charge >= 0.3 is 0 Å². The number of hydrogen-bond donors (Lipinski definition) is 1. The van der Waals surface area contributed by atoms with E-state index in [1.54, 1.807) is 0 Å². The number of nitrogens with zero attached hydrogens (tertiary/aromatic N) is 1. The number of hydrogen-bond acceptors (Lipinski definition) is 3. The summed E-state index contributed by atoms with van der Waals surface area (Å²) < 4.78 is 1.74. The Bertz CT molecular complexity index is 549. The minimum atomic E-state index is -0.500. The Morgan fingerprint density at radius 3 is 2.25 bits per heavy atom. The zero-order valence-corrected chi connectivity index (χ0v) is 14.7. The van der Waals surface area contributed by atoms with Crippen LogP contribution in [0, 0.1) is 6.92 Å². The summed E-state index contributed by atoms with van der Waals surface area (Å²) in [5, 5.41) is 3.16. The van der Waals surface area contributed by atoms with E-state index in [-0.39, 0.29) is 24.3 Å². The van der Waals surface area contributed by atoms with Gasteiger partial charge in [-0.2, -0.15) is 0 Å². The molecule has 0 saturated carbocycles. The summed E-state index contributed by atoms with van der Waals surface area (Å²) in [7, 11) is 0. The molecule has 6 heteroatoms. The fourth-order valence-electron chi connectivity index (χ4n) is 2.32. The van der Waals surface area contributed by atoms with Gasteiger partial charge in [-0.3, -0.25) is 14.5 Å². The lowest BCUT2D eigenvalue weighted by Crippen LogP contribution is -2.39. The third kappa shape index (κ3) is 2.91. The average Bonchev–Trinajstić information content (AvgIpc) is 2.58. The van der Waals surface area contributed by atoms with Crippen molar-refractivity contribution in [3.05, 3.63) is 26.6 Å². The molecule has 1 aromatic rings. The number of imide groups is 1. The van der Waals surface area contributed by atoms with E-state index in [4.69, 9.17) is 0 Å². The maximum absolute atomic E-state index is 12.3. The molecule has 1 fully saturated rings. The molecule has 1 atom stereocenters. The molecule has 1 aromatic carbocycles. The number of aryl methyl sites for hydroxylation is 1. The van der Waals surface area contributed by atoms with E-state index in [2.05, 4.69) is 37.2 Å². The van der Waals surface area contributed by atoms with Crippen LogP contribution >= 0.6 is 31.9 Å². The van der Waals surface area contributed by atoms with E-state index in [0.29, 0.717) is 0 Å². The van der Waals surface area contributed by atoms with Crippen LogP contribution in [0.25, 0.3) is 0 Å². The van der Waals surface area contributed by atoms with Gasteiger partial charge in [-0.25, -0.2) is 0 Å². The highest BCUT2D eigenvalue weighted by Gasteiger charge is 2.40. The second kappa shape index (κ2) is 5.85. The molecular formula is C14H16Br2N2O2. The summed E-state index contributed by atoms with van der Waals surface area (Å²) in [5.74, 6) is -0.286. The largest absolute Gasteiger partial charge is 0.371 e. The summed E-state index contributed by atoms with van der Waals surface area (Å²) in [4.78, 5) is 25.5. The van der Waals surface area contributed by atoms with E-state index in [9.17, 15) is 9.59 Å². The molecule has 108 valence electrons. The number of likely N-dealkylation sites (tertiary alicyclic amines) is 1. The number of carbonyl (C=O) groups is 2. The summed E-state index contributed by atoms with van der Waals surface area (Å²) in [6.45, 7) is 5.68. The first-order valence-corrected chi connectivity index (χ1v) is 7.98. The van der Waals surface area contributed by atoms with Crippen molar-refractivity contribution in [3.63, 3.8) is 0 Å². The molecule has 1 aliphatic heterocycles. The van der Waals surface area contributed by atoms with Crippen LogP contribution in [0.4, 0.5) is 5.69 Å². The van der Waals surface area contributed by atoms with Crippen LogP contribution in [0.3, 0.4) is 0 Å². The Morgan fingerprint density at radius 2 is 1.80 bits per heavy atom. The Hall–Kier alpha value is -0.880. The zero-order chi connectivity index (χ0) is 15.0. The summed E-state index contributed by atoms with van der Waals surface area (Å²) in [6.07, 6.45) is 0.198. The molecule has 4 nitrogen and oxygen atoms in total. The molecule has 1 heterocycles. The van der Waals surface area contributed by atoms with Crippen LogP contribution in [-0.2, 0) is 9.59 Å². The minimum Gasteiger partial charge on any atom is -0.371 e. The van der Waals surface area contributed by atoms with Gasteiger partial charge in [0.1, 0.15) is 6.04 Å². The molecular weight excluding hydrogens is 388 g/mol. The Labute approximate surface area is 135 Å². The highest BCUT2D eigenvalue weighted by atomic mass is 79.9. The number of rotatable bonds is 3. The SMILES string of the molecule is Cc1cc(Br)c(NC2CC(=O)N(C(C)C)C2=O)c(Br)c1. The quantitative estimate of drug-likeness (QED) is 0.786. The number of nitrogens with one attached hydrogen (secondary N) is 1. The van der Waals surface area contributed by atoms with E-state index in [0.717, 1.165) is 20.2 Å². The number of anilines is 1. The van der Waals surface area contributed by atoms with Gasteiger partial charge < -0.3 is 5.32 Å². The van der Waals surface area contributed by atoms with E-state index in [1.165, 1.54) is 4.90 Å². The van der Waals surface area contributed by atoms with Gasteiger partial charge in [-0.05, 0) is 70.3 Å². The smallest absolute Gasteiger partial charge is 0.252 e. The van der Waals surface area contributed by atoms with Crippen LogP contribution in [0.5, 0.6) is 0 Å². The Balaban J connectivity index is 2.24. The molecule has 1 N–H and O–H groups in total. The highest BCUT2D eigenvalue weighted by molar-refractivity contribution is 9.11. The molecule has 0 aliphatic carbocycles. The predicted molar refractivity (Wildman–Crippen MR) is 85.6 cm³/mol. The van der Waals surface area contributed by atoms with Gasteiger partial charge in [0.25, 0.3) is 5.91 Å². The Morgan fingerprint density at radius 1 is 1.25 bits per heavy atom. The second-order valence-corrected chi connectivity index (χ2v) is 6.91. The first-order valence-electron chi connectivity index (χ1n) is 6.39. The molecule has 2 amide bonds. The van der Waals surface area contributed by atoms with Crippen molar-refractivity contribution in [1.82, 2.24) is 4.90 Å². The van der Waals surface area contributed by atoms with Gasteiger partial charge in [-0.15, -0.1) is 0 Å². The highest BCUT2D eigenvalue weighted by Crippen LogP contribution is 2.34. The van der Waals surface area contributed by atoms with E-state index in [1.807, 2.05) is 32.9 Å². The Kier molecular flexibility index (Phi) is 4.54. The van der Waals surface area contributed by atoms with Crippen molar-refractivity contribution < 1.29 is 9.59 Å². The van der Waals surface area contributed by atoms with Gasteiger partial charge in [0.2, 0.25) is 5.91 Å². The van der Waals surface area contributed by atoms with Crippen molar-refractivity contribution >= 4 is 49.4 Å². The lowest BCUT2D eigenvalue weighted by atomic mass is 10.2. The van der Waals surface area contributed by atoms with Crippen LogP contribution in [-0.4, -0.2) is 28.8 Å². The van der Waals surface area contributed by atoms with Crippen molar-refractivity contribution in [3.8, 4) is 0 Å². The van der Waals surface area contributed by atoms with Gasteiger partial charge in [0.05, 0.1) is 12.1 Å². The van der Waals surface area contributed by atoms with Crippen molar-refractivity contribution in [2.45, 2.75) is 39.3 Å². The maximum Gasteiger partial charge on any atom is 0.252 e. The van der Waals surface area contributed by atoms with Crippen LogP contribution in [0.1, 0.15) is 25.8 Å². The van der Waals surface area contributed by atoms with E-state index >= 15 is 0 Å². The molecule has 1 saturated heterocycles. The van der Waals surface area contributed by atoms with Crippen molar-refractivity contribution in [1.29, 1.82) is 0 Å². The first-order chi connectivity index (χ1) is 9.31. The molecule has 2 rings (SSSR count). The monoisotopic (exact) mass is 402 g/mol. The molecule has 1 aliphatic rings. The normalized spacial score (nSPS) is 19.1. The molecule has 0 aromatic heterocycles. The maximum atomic E-state index is 12.3. The molecule has 1 unspecified atom stereocenters. The lowest BCUT2D eigenvalue weighted by molar-refractivity contribution is -0.140. The third-order valence-corrected chi connectivity index (χ3v) is 4.46. The van der Waals surface area contributed by atoms with Crippen molar-refractivity contribution in [2.24, 2.45) is 0 Å². The third-order valence-electron chi connectivity index (χ3n) is 3.20. The van der Waals surface area contributed by atoms with Gasteiger partial charge in [0.15, 0.2) is 0 Å². The topological polar surface area (TPSA) is 49.4 Å². The average molecular weight is 404 g/mol. The van der Waals surface area contributed by atoms with Crippen LogP contribution < -0.4 is 5.32 Å². The number of carbonyl (C=O) groups excluding carboxylic acids is 2. The predicted octanol–water partition coefficient (Wildman–Crippen LogP) is 3.47. The standard InChI is InChI=1S/C14H16Br2N2O2/c1-7(2)18-12(19)6-11(14(18)20)17-13-9(15)4-8(3)5-10(13)16/h4-5,7,11,17H,6H2,1-3H3. The number of benzene rings is 1. The first kappa shape index (κ1) is 15.5. The van der Waals surface area contributed by atoms with Crippen molar-refractivity contribution in [2.75, 3.05) is 5.32 Å². The van der Waals surface area contributed by atoms with Crippen LogP contribution in [0.15, 0.2) is 21.1 Å². The molecule has 20 heavy (non-hydrogen) atoms. The minimum absolute atomic E-state index is 0.105. The summed E-state index contributed by atoms with van der Waals surface area (Å²) in [6, 6.07) is 3.33. The van der Waals surface area contributed by atoms with Gasteiger partial charge in [-0.1, -0.05) is 0 Å².